The summed E-state index contributed by atoms with van der Waals surface area (Å²) in [5.74, 6) is 0.384. The van der Waals surface area contributed by atoms with E-state index in [1.54, 1.807) is 11.7 Å². The van der Waals surface area contributed by atoms with E-state index in [0.29, 0.717) is 38.6 Å². The molecule has 210 valence electrons. The van der Waals surface area contributed by atoms with Crippen molar-refractivity contribution < 1.29 is 9.53 Å². The van der Waals surface area contributed by atoms with Crippen molar-refractivity contribution in [3.8, 4) is 5.75 Å². The van der Waals surface area contributed by atoms with Crippen molar-refractivity contribution in [1.29, 1.82) is 0 Å². The standard InChI is InChI=1S/C34H30N4O3S/c1-5-19-37-22(3)27(26-13-9-10-14-28(26)37)20-29-33(40)38-31(23-15-17-25(41-4)18-16-23)30(21(2)35-34(38)42-29)32(39)36-24-11-7-6-8-12-24/h5-18,20,31H,1,19H2,2-4H3,(H,36,39)/b29-20-. The average molecular weight is 575 g/mol. The lowest BCUT2D eigenvalue weighted by molar-refractivity contribution is -0.113. The van der Waals surface area contributed by atoms with Crippen LogP contribution in [0.4, 0.5) is 5.69 Å². The van der Waals surface area contributed by atoms with Gasteiger partial charge in [-0.15, -0.1) is 6.58 Å². The van der Waals surface area contributed by atoms with Gasteiger partial charge in [0.2, 0.25) is 0 Å². The molecule has 1 amide bonds. The zero-order chi connectivity index (χ0) is 29.4. The molecule has 2 aromatic heterocycles. The van der Waals surface area contributed by atoms with Crippen LogP contribution < -0.4 is 24.9 Å². The number of methoxy groups -OCH3 is 1. The van der Waals surface area contributed by atoms with E-state index in [4.69, 9.17) is 9.73 Å². The van der Waals surface area contributed by atoms with Gasteiger partial charge in [0, 0.05) is 34.4 Å². The van der Waals surface area contributed by atoms with Gasteiger partial charge < -0.3 is 14.6 Å². The highest BCUT2D eigenvalue weighted by Crippen LogP contribution is 2.32. The molecule has 1 aliphatic rings. The van der Waals surface area contributed by atoms with Gasteiger partial charge in [0.05, 0.1) is 29.0 Å². The number of hydrogen-bond donors (Lipinski definition) is 1. The maximum atomic E-state index is 14.2. The van der Waals surface area contributed by atoms with Crippen molar-refractivity contribution in [2.45, 2.75) is 26.4 Å². The minimum Gasteiger partial charge on any atom is -0.497 e. The number of fused-ring (bicyclic) bond motifs is 2. The first-order valence-electron chi connectivity index (χ1n) is 13.6. The minimum atomic E-state index is -0.666. The summed E-state index contributed by atoms with van der Waals surface area (Å²) in [5, 5.41) is 4.05. The van der Waals surface area contributed by atoms with Crippen molar-refractivity contribution in [2.24, 2.45) is 4.99 Å². The molecular weight excluding hydrogens is 544 g/mol. The number of nitrogens with zero attached hydrogens (tertiary/aromatic N) is 3. The summed E-state index contributed by atoms with van der Waals surface area (Å²) in [6.07, 6.45) is 3.83. The van der Waals surface area contributed by atoms with Gasteiger partial charge in [-0.3, -0.25) is 14.2 Å². The Morgan fingerprint density at radius 2 is 1.76 bits per heavy atom. The fourth-order valence-corrected chi connectivity index (χ4v) is 6.60. The Morgan fingerprint density at radius 3 is 2.48 bits per heavy atom. The van der Waals surface area contributed by atoms with E-state index in [1.807, 2.05) is 85.8 Å². The van der Waals surface area contributed by atoms with Crippen LogP contribution in [0.3, 0.4) is 0 Å². The van der Waals surface area contributed by atoms with Gasteiger partial charge in [0.25, 0.3) is 11.5 Å². The van der Waals surface area contributed by atoms with E-state index in [0.717, 1.165) is 27.7 Å². The summed E-state index contributed by atoms with van der Waals surface area (Å²) >= 11 is 1.33. The van der Waals surface area contributed by atoms with Crippen molar-refractivity contribution in [3.05, 3.63) is 139 Å². The Hall–Kier alpha value is -4.95. The number of anilines is 1. The first kappa shape index (κ1) is 27.2. The van der Waals surface area contributed by atoms with Crippen LogP contribution in [-0.4, -0.2) is 22.2 Å². The number of benzene rings is 3. The summed E-state index contributed by atoms with van der Waals surface area (Å²) in [6.45, 7) is 8.46. The quantitative estimate of drug-likeness (QED) is 0.267. The molecule has 0 spiro atoms. The Labute approximate surface area is 247 Å². The third-order valence-corrected chi connectivity index (χ3v) is 8.58. The number of nitrogens with one attached hydrogen (secondary N) is 1. The van der Waals surface area contributed by atoms with Gasteiger partial charge >= 0.3 is 0 Å². The van der Waals surface area contributed by atoms with Crippen LogP contribution in [0.25, 0.3) is 17.0 Å². The number of hydrogen-bond acceptors (Lipinski definition) is 5. The molecule has 0 bridgehead atoms. The van der Waals surface area contributed by atoms with E-state index in [2.05, 4.69) is 35.5 Å². The molecule has 0 saturated carbocycles. The van der Waals surface area contributed by atoms with Crippen molar-refractivity contribution in [2.75, 3.05) is 12.4 Å². The third-order valence-electron chi connectivity index (χ3n) is 7.60. The largest absolute Gasteiger partial charge is 0.497 e. The number of aromatic nitrogens is 2. The van der Waals surface area contributed by atoms with Gasteiger partial charge in [-0.2, -0.15) is 0 Å². The Bertz CT molecular complexity index is 2050. The third kappa shape index (κ3) is 4.69. The summed E-state index contributed by atoms with van der Waals surface area (Å²) in [7, 11) is 1.61. The number of allylic oxidation sites excluding steroid dienone is 2. The van der Waals surface area contributed by atoms with Gasteiger partial charge in [-0.05, 0) is 55.8 Å². The molecule has 0 saturated heterocycles. The highest BCUT2D eigenvalue weighted by atomic mass is 32.1. The van der Waals surface area contributed by atoms with Crippen LogP contribution in [0.15, 0.2) is 113 Å². The Kier molecular flexibility index (Phi) is 7.22. The second-order valence-electron chi connectivity index (χ2n) is 10.1. The monoisotopic (exact) mass is 574 g/mol. The maximum Gasteiger partial charge on any atom is 0.271 e. The van der Waals surface area contributed by atoms with Crippen LogP contribution in [0.2, 0.25) is 0 Å². The average Bonchev–Trinajstić information content (AvgIpc) is 3.45. The molecule has 6 rings (SSSR count). The lowest BCUT2D eigenvalue weighted by Crippen LogP contribution is -2.40. The molecule has 1 aliphatic heterocycles. The number of carbonyl (C=O) groups excluding carboxylic acids is 1. The summed E-state index contributed by atoms with van der Waals surface area (Å²) in [6, 6.07) is 24.2. The molecule has 3 aromatic carbocycles. The number of ether oxygens (including phenoxy) is 1. The lowest BCUT2D eigenvalue weighted by atomic mass is 9.95. The molecule has 1 atom stereocenters. The van der Waals surface area contributed by atoms with E-state index in [-0.39, 0.29) is 11.5 Å². The fraction of sp³-hybridized carbons (Fsp3) is 0.147. The minimum absolute atomic E-state index is 0.197. The van der Waals surface area contributed by atoms with Crippen LogP contribution in [0.5, 0.6) is 5.75 Å². The smallest absolute Gasteiger partial charge is 0.271 e. The molecule has 0 fully saturated rings. The molecule has 42 heavy (non-hydrogen) atoms. The van der Waals surface area contributed by atoms with Gasteiger partial charge in [-0.25, -0.2) is 4.99 Å². The SMILES string of the molecule is C=CCn1c(C)c(/C=c2\sc3n(c2=O)C(c2ccc(OC)cc2)C(C(=O)Nc2ccccc2)=C(C)N=3)c2ccccc21. The Morgan fingerprint density at radius 1 is 1.05 bits per heavy atom. The predicted octanol–water partition coefficient (Wildman–Crippen LogP) is 5.33. The van der Waals surface area contributed by atoms with E-state index in [9.17, 15) is 9.59 Å². The highest BCUT2D eigenvalue weighted by molar-refractivity contribution is 7.07. The van der Waals surface area contributed by atoms with Crippen molar-refractivity contribution in [1.82, 2.24) is 9.13 Å². The van der Waals surface area contributed by atoms with Gasteiger partial charge in [0.15, 0.2) is 4.80 Å². The van der Waals surface area contributed by atoms with Crippen LogP contribution in [-0.2, 0) is 11.3 Å². The molecule has 3 heterocycles. The number of thiazole rings is 1. The fourth-order valence-electron chi connectivity index (χ4n) is 5.57. The normalized spacial score (nSPS) is 14.9. The zero-order valence-corrected chi connectivity index (χ0v) is 24.4. The molecule has 0 radical (unpaired) electrons. The zero-order valence-electron chi connectivity index (χ0n) is 23.6. The van der Waals surface area contributed by atoms with Crippen LogP contribution in [0, 0.1) is 6.92 Å². The first-order valence-corrected chi connectivity index (χ1v) is 14.4. The molecule has 0 aliphatic carbocycles. The van der Waals surface area contributed by atoms with E-state index >= 15 is 0 Å². The topological polar surface area (TPSA) is 77.6 Å². The number of carbonyl (C=O) groups is 1. The highest BCUT2D eigenvalue weighted by Gasteiger charge is 2.32. The molecule has 7 nitrogen and oxygen atoms in total. The Balaban J connectivity index is 1.54. The molecular formula is C34H30N4O3S. The van der Waals surface area contributed by atoms with Crippen LogP contribution in [0.1, 0.15) is 29.8 Å². The summed E-state index contributed by atoms with van der Waals surface area (Å²) < 4.78 is 9.76. The lowest BCUT2D eigenvalue weighted by Gasteiger charge is -2.25. The second-order valence-corrected chi connectivity index (χ2v) is 11.1. The molecule has 8 heteroatoms. The van der Waals surface area contributed by atoms with E-state index < -0.39 is 6.04 Å². The van der Waals surface area contributed by atoms with Crippen molar-refractivity contribution in [3.63, 3.8) is 0 Å². The molecule has 1 unspecified atom stereocenters. The van der Waals surface area contributed by atoms with Gasteiger partial charge in [-0.1, -0.05) is 65.9 Å². The summed E-state index contributed by atoms with van der Waals surface area (Å²) in [5.41, 5.74) is 5.36. The van der Waals surface area contributed by atoms with Gasteiger partial charge in [0.1, 0.15) is 5.75 Å². The summed E-state index contributed by atoms with van der Waals surface area (Å²) in [4.78, 5) is 33.3. The maximum absolute atomic E-state index is 14.2. The number of rotatable bonds is 7. The first-order chi connectivity index (χ1) is 20.4. The van der Waals surface area contributed by atoms with Crippen molar-refractivity contribution >= 4 is 39.9 Å². The number of para-hydroxylation sites is 2. The van der Waals surface area contributed by atoms with E-state index in [1.165, 1.54) is 11.3 Å². The predicted molar refractivity (Wildman–Crippen MR) is 169 cm³/mol. The van der Waals surface area contributed by atoms with Crippen LogP contribution >= 0.6 is 11.3 Å². The second kappa shape index (κ2) is 11.1. The molecule has 1 N–H and O–H groups in total. The molecule has 5 aromatic rings. The number of amides is 1.